The summed E-state index contributed by atoms with van der Waals surface area (Å²) >= 11 is 7.46. The maximum absolute atomic E-state index is 4.86. The fraction of sp³-hybridized carbons (Fsp3) is 0.263. The largest absolute Gasteiger partial charge is 0.265 e. The second-order valence-corrected chi connectivity index (χ2v) is 8.06. The van der Waals surface area contributed by atoms with Crippen LogP contribution in [0.15, 0.2) is 53.3 Å². The highest BCUT2D eigenvalue weighted by Gasteiger charge is 2.16. The second-order valence-electron chi connectivity index (χ2n) is 6.10. The first-order chi connectivity index (χ1) is 11.0. The Labute approximate surface area is 153 Å². The molecule has 2 nitrogen and oxygen atoms in total. The van der Waals surface area contributed by atoms with E-state index < -0.39 is 0 Å². The van der Waals surface area contributed by atoms with Crippen LogP contribution in [-0.2, 0) is 0 Å². The summed E-state index contributed by atoms with van der Waals surface area (Å²) in [6, 6.07) is 12.6. The van der Waals surface area contributed by atoms with Crippen molar-refractivity contribution < 1.29 is 0 Å². The lowest BCUT2D eigenvalue weighted by Crippen LogP contribution is -2.00. The maximum Gasteiger partial charge on any atom is 0.0707 e. The van der Waals surface area contributed by atoms with Gasteiger partial charge in [-0.15, -0.1) is 0 Å². The van der Waals surface area contributed by atoms with Gasteiger partial charge in [0, 0.05) is 22.3 Å². The van der Waals surface area contributed by atoms with E-state index in [1.54, 1.807) is 0 Å². The molecule has 0 spiro atoms. The minimum Gasteiger partial charge on any atom is -0.265 e. The van der Waals surface area contributed by atoms with Crippen LogP contribution in [0.2, 0.25) is 0 Å². The topological polar surface area (TPSA) is 25.8 Å². The third-order valence-electron chi connectivity index (χ3n) is 3.78. The molecule has 0 saturated carbocycles. The molecular weight excluding hydrogens is 416 g/mol. The summed E-state index contributed by atoms with van der Waals surface area (Å²) < 4.78 is 1.06. The van der Waals surface area contributed by atoms with Crippen LogP contribution >= 0.6 is 31.9 Å². The van der Waals surface area contributed by atoms with Gasteiger partial charge < -0.3 is 0 Å². The summed E-state index contributed by atoms with van der Waals surface area (Å²) in [6.45, 7) is 4.45. The SMILES string of the molecule is CC(C)CC(Br)c1nc2ccc(-c3ccncc3)cc2cc1Br. The number of benzene rings is 1. The fourth-order valence-corrected chi connectivity index (χ4v) is 4.65. The van der Waals surface area contributed by atoms with Crippen molar-refractivity contribution in [3.8, 4) is 11.1 Å². The molecule has 0 fully saturated rings. The Bertz CT molecular complexity index is 816. The normalized spacial score (nSPS) is 12.7. The van der Waals surface area contributed by atoms with Crippen molar-refractivity contribution >= 4 is 42.8 Å². The number of hydrogen-bond acceptors (Lipinski definition) is 2. The molecular formula is C19H18Br2N2. The van der Waals surface area contributed by atoms with Crippen molar-refractivity contribution in [3.05, 3.63) is 59.0 Å². The highest BCUT2D eigenvalue weighted by Crippen LogP contribution is 2.35. The number of hydrogen-bond donors (Lipinski definition) is 0. The molecule has 23 heavy (non-hydrogen) atoms. The van der Waals surface area contributed by atoms with E-state index in [2.05, 4.69) is 75.0 Å². The predicted molar refractivity (Wildman–Crippen MR) is 104 cm³/mol. The number of halogens is 2. The monoisotopic (exact) mass is 432 g/mol. The highest BCUT2D eigenvalue weighted by atomic mass is 79.9. The van der Waals surface area contributed by atoms with Gasteiger partial charge in [-0.25, -0.2) is 0 Å². The molecule has 1 aromatic carbocycles. The molecule has 1 unspecified atom stereocenters. The zero-order valence-corrected chi connectivity index (χ0v) is 16.3. The molecule has 0 bridgehead atoms. The molecule has 118 valence electrons. The zero-order valence-electron chi connectivity index (χ0n) is 13.1. The Hall–Kier alpha value is -1.26. The second kappa shape index (κ2) is 7.10. The third kappa shape index (κ3) is 3.81. The summed E-state index contributed by atoms with van der Waals surface area (Å²) in [6.07, 6.45) is 4.70. The first-order valence-electron chi connectivity index (χ1n) is 7.69. The van der Waals surface area contributed by atoms with Crippen molar-refractivity contribution in [2.45, 2.75) is 25.1 Å². The predicted octanol–water partition coefficient (Wildman–Crippen LogP) is 6.54. The van der Waals surface area contributed by atoms with E-state index in [0.29, 0.717) is 5.92 Å². The van der Waals surface area contributed by atoms with Gasteiger partial charge in [-0.1, -0.05) is 35.8 Å². The number of rotatable bonds is 4. The van der Waals surface area contributed by atoms with E-state index in [0.717, 1.165) is 27.5 Å². The van der Waals surface area contributed by atoms with Crippen molar-refractivity contribution in [3.63, 3.8) is 0 Å². The van der Waals surface area contributed by atoms with E-state index >= 15 is 0 Å². The van der Waals surface area contributed by atoms with Crippen molar-refractivity contribution in [2.75, 3.05) is 0 Å². The number of nitrogens with zero attached hydrogens (tertiary/aromatic N) is 2. The van der Waals surface area contributed by atoms with Crippen LogP contribution in [0.25, 0.3) is 22.0 Å². The first-order valence-corrected chi connectivity index (χ1v) is 9.40. The number of pyridine rings is 2. The van der Waals surface area contributed by atoms with Crippen LogP contribution in [0, 0.1) is 5.92 Å². The van der Waals surface area contributed by atoms with Crippen molar-refractivity contribution in [1.82, 2.24) is 9.97 Å². The van der Waals surface area contributed by atoms with Gasteiger partial charge in [-0.3, -0.25) is 9.97 Å². The standard InChI is InChI=1S/C19H18Br2N2/c1-12(2)9-16(20)19-17(21)11-15-10-14(3-4-18(15)23-19)13-5-7-22-8-6-13/h3-8,10-12,16H,9H2,1-2H3. The lowest BCUT2D eigenvalue weighted by molar-refractivity contribution is 0.578. The van der Waals surface area contributed by atoms with Gasteiger partial charge in [0.2, 0.25) is 0 Å². The molecule has 2 aromatic heterocycles. The van der Waals surface area contributed by atoms with E-state index in [-0.39, 0.29) is 4.83 Å². The van der Waals surface area contributed by atoms with Crippen LogP contribution in [0.5, 0.6) is 0 Å². The lowest BCUT2D eigenvalue weighted by atomic mass is 10.0. The third-order valence-corrected chi connectivity index (χ3v) is 5.23. The van der Waals surface area contributed by atoms with Crippen molar-refractivity contribution in [2.24, 2.45) is 5.92 Å². The zero-order chi connectivity index (χ0) is 16.4. The summed E-state index contributed by atoms with van der Waals surface area (Å²) in [5.74, 6) is 0.623. The molecule has 0 aliphatic rings. The minimum atomic E-state index is 0.265. The van der Waals surface area contributed by atoms with Crippen molar-refractivity contribution in [1.29, 1.82) is 0 Å². The molecule has 4 heteroatoms. The van der Waals surface area contributed by atoms with Crippen LogP contribution in [0.4, 0.5) is 0 Å². The molecule has 0 N–H and O–H groups in total. The quantitative estimate of drug-likeness (QED) is 0.436. The maximum atomic E-state index is 4.86. The average molecular weight is 434 g/mol. The van der Waals surface area contributed by atoms with Crippen LogP contribution in [0.3, 0.4) is 0 Å². The minimum absolute atomic E-state index is 0.265. The molecule has 3 rings (SSSR count). The first kappa shape index (κ1) is 16.6. The van der Waals surface area contributed by atoms with E-state index in [1.165, 1.54) is 11.1 Å². The molecule has 0 amide bonds. The molecule has 0 aliphatic carbocycles. The smallest absolute Gasteiger partial charge is 0.0707 e. The number of alkyl halides is 1. The molecule has 0 radical (unpaired) electrons. The van der Waals surface area contributed by atoms with Gasteiger partial charge in [-0.05, 0) is 69.7 Å². The molecule has 3 aromatic rings. The van der Waals surface area contributed by atoms with Crippen LogP contribution in [0.1, 0.15) is 30.8 Å². The summed E-state index contributed by atoms with van der Waals surface area (Å²) in [4.78, 5) is 9.20. The van der Waals surface area contributed by atoms with E-state index in [9.17, 15) is 0 Å². The average Bonchev–Trinajstić information content (AvgIpc) is 2.53. The van der Waals surface area contributed by atoms with Gasteiger partial charge in [0.1, 0.15) is 0 Å². The fourth-order valence-electron chi connectivity index (χ4n) is 2.63. The Morgan fingerprint density at radius 3 is 2.43 bits per heavy atom. The van der Waals surface area contributed by atoms with Crippen LogP contribution in [-0.4, -0.2) is 9.97 Å². The van der Waals surface area contributed by atoms with Gasteiger partial charge in [0.05, 0.1) is 16.0 Å². The Morgan fingerprint density at radius 2 is 1.74 bits per heavy atom. The van der Waals surface area contributed by atoms with Gasteiger partial charge in [0.25, 0.3) is 0 Å². The molecule has 0 aliphatic heterocycles. The summed E-state index contributed by atoms with van der Waals surface area (Å²) in [5, 5.41) is 1.14. The number of fused-ring (bicyclic) bond motifs is 1. The van der Waals surface area contributed by atoms with Crippen LogP contribution < -0.4 is 0 Å². The summed E-state index contributed by atoms with van der Waals surface area (Å²) in [7, 11) is 0. The highest BCUT2D eigenvalue weighted by molar-refractivity contribution is 9.11. The lowest BCUT2D eigenvalue weighted by Gasteiger charge is -2.15. The van der Waals surface area contributed by atoms with Gasteiger partial charge >= 0.3 is 0 Å². The molecule has 2 heterocycles. The van der Waals surface area contributed by atoms with E-state index in [1.807, 2.05) is 24.5 Å². The Balaban J connectivity index is 2.02. The van der Waals surface area contributed by atoms with E-state index in [4.69, 9.17) is 4.98 Å². The summed E-state index contributed by atoms with van der Waals surface area (Å²) in [5.41, 5.74) is 4.44. The molecule has 1 atom stereocenters. The number of aromatic nitrogens is 2. The molecule has 0 saturated heterocycles. The van der Waals surface area contributed by atoms with Gasteiger partial charge in [-0.2, -0.15) is 0 Å². The Morgan fingerprint density at radius 1 is 1.00 bits per heavy atom. The Kier molecular flexibility index (Phi) is 5.12. The van der Waals surface area contributed by atoms with Gasteiger partial charge in [0.15, 0.2) is 0 Å².